The third-order valence-electron chi connectivity index (χ3n) is 3.84. The van der Waals surface area contributed by atoms with Gasteiger partial charge in [0.15, 0.2) is 5.84 Å². The van der Waals surface area contributed by atoms with E-state index in [1.807, 2.05) is 17.0 Å². The minimum atomic E-state index is 0.0764. The van der Waals surface area contributed by atoms with E-state index in [0.29, 0.717) is 18.0 Å². The zero-order valence-corrected chi connectivity index (χ0v) is 11.7. The summed E-state index contributed by atoms with van der Waals surface area (Å²) in [6, 6.07) is 7.56. The van der Waals surface area contributed by atoms with Gasteiger partial charge >= 0.3 is 0 Å². The summed E-state index contributed by atoms with van der Waals surface area (Å²) in [5.41, 5.74) is 7.10. The number of carbonyl (C=O) groups excluding carboxylic acids is 1. The molecule has 0 aromatic heterocycles. The molecule has 1 aliphatic heterocycles. The van der Waals surface area contributed by atoms with Gasteiger partial charge in [0.1, 0.15) is 0 Å². The molecule has 1 aromatic rings. The first-order valence-electron chi connectivity index (χ1n) is 6.98. The molecule has 0 saturated carbocycles. The fraction of sp³-hybridized carbons (Fsp3) is 0.467. The van der Waals surface area contributed by atoms with Crippen molar-refractivity contribution < 1.29 is 10.0 Å². The topological polar surface area (TPSA) is 78.9 Å². The lowest BCUT2D eigenvalue weighted by Gasteiger charge is -2.33. The van der Waals surface area contributed by atoms with Crippen molar-refractivity contribution in [1.29, 1.82) is 0 Å². The Kier molecular flexibility index (Phi) is 4.61. The van der Waals surface area contributed by atoms with Gasteiger partial charge in [0, 0.05) is 18.2 Å². The molecule has 0 spiro atoms. The lowest BCUT2D eigenvalue weighted by atomic mass is 10.0. The van der Waals surface area contributed by atoms with E-state index in [1.165, 1.54) is 6.42 Å². The summed E-state index contributed by atoms with van der Waals surface area (Å²) in [5.74, 6) is 0.251. The van der Waals surface area contributed by atoms with Crippen LogP contribution in [0.2, 0.25) is 0 Å². The number of hydrogen-bond donors (Lipinski definition) is 2. The van der Waals surface area contributed by atoms with E-state index in [0.717, 1.165) is 24.9 Å². The van der Waals surface area contributed by atoms with E-state index in [2.05, 4.69) is 12.1 Å². The molecule has 5 heteroatoms. The number of nitrogens with zero attached hydrogens (tertiary/aromatic N) is 2. The Morgan fingerprint density at radius 3 is 2.70 bits per heavy atom. The van der Waals surface area contributed by atoms with Crippen LogP contribution in [0, 0.1) is 0 Å². The Morgan fingerprint density at radius 2 is 2.10 bits per heavy atom. The largest absolute Gasteiger partial charge is 0.409 e. The molecule has 0 bridgehead atoms. The molecule has 108 valence electrons. The number of piperidine rings is 1. The van der Waals surface area contributed by atoms with Gasteiger partial charge in [-0.1, -0.05) is 29.4 Å². The van der Waals surface area contributed by atoms with Gasteiger partial charge in [-0.3, -0.25) is 4.79 Å². The van der Waals surface area contributed by atoms with Crippen LogP contribution in [0.3, 0.4) is 0 Å². The summed E-state index contributed by atoms with van der Waals surface area (Å²) in [5, 5.41) is 11.6. The second-order valence-corrected chi connectivity index (χ2v) is 5.29. The van der Waals surface area contributed by atoms with E-state index < -0.39 is 0 Å². The van der Waals surface area contributed by atoms with Crippen LogP contribution in [-0.2, 0) is 11.2 Å². The number of benzene rings is 1. The molecule has 0 aliphatic carbocycles. The Balaban J connectivity index is 2.00. The standard InChI is InChI=1S/C15H21N3O2/c1-11-4-2-3-9-18(11)14(19)10-12-5-7-13(8-6-12)15(16)17-20/h5-8,11,20H,2-4,9-10H2,1H3,(H2,16,17). The third-order valence-corrected chi connectivity index (χ3v) is 3.84. The van der Waals surface area contributed by atoms with Crippen LogP contribution in [0.4, 0.5) is 0 Å². The van der Waals surface area contributed by atoms with Gasteiger partial charge in [-0.05, 0) is 31.7 Å². The highest BCUT2D eigenvalue weighted by Gasteiger charge is 2.22. The lowest BCUT2D eigenvalue weighted by Crippen LogP contribution is -2.42. The molecule has 1 unspecified atom stereocenters. The van der Waals surface area contributed by atoms with Crippen molar-refractivity contribution in [2.24, 2.45) is 10.9 Å². The van der Waals surface area contributed by atoms with Gasteiger partial charge in [-0.15, -0.1) is 0 Å². The molecule has 3 N–H and O–H groups in total. The van der Waals surface area contributed by atoms with Crippen molar-refractivity contribution in [3.05, 3.63) is 35.4 Å². The van der Waals surface area contributed by atoms with E-state index in [4.69, 9.17) is 10.9 Å². The molecule has 2 rings (SSSR count). The number of amidine groups is 1. The monoisotopic (exact) mass is 275 g/mol. The maximum absolute atomic E-state index is 12.3. The summed E-state index contributed by atoms with van der Waals surface area (Å²) < 4.78 is 0. The van der Waals surface area contributed by atoms with E-state index in [9.17, 15) is 4.79 Å². The Bertz CT molecular complexity index is 496. The maximum atomic E-state index is 12.3. The van der Waals surface area contributed by atoms with E-state index >= 15 is 0 Å². The van der Waals surface area contributed by atoms with Gasteiger partial charge in [0.2, 0.25) is 5.91 Å². The molecular weight excluding hydrogens is 254 g/mol. The van der Waals surface area contributed by atoms with Crippen LogP contribution in [-0.4, -0.2) is 34.4 Å². The fourth-order valence-corrected chi connectivity index (χ4v) is 2.60. The van der Waals surface area contributed by atoms with Crippen molar-refractivity contribution >= 4 is 11.7 Å². The van der Waals surface area contributed by atoms with Crippen molar-refractivity contribution in [3.8, 4) is 0 Å². The molecule has 1 amide bonds. The van der Waals surface area contributed by atoms with Gasteiger partial charge < -0.3 is 15.8 Å². The highest BCUT2D eigenvalue weighted by molar-refractivity contribution is 5.97. The smallest absolute Gasteiger partial charge is 0.227 e. The molecule has 1 aliphatic rings. The molecule has 1 atom stereocenters. The highest BCUT2D eigenvalue weighted by atomic mass is 16.4. The number of rotatable bonds is 3. The Labute approximate surface area is 119 Å². The van der Waals surface area contributed by atoms with Gasteiger partial charge in [0.05, 0.1) is 6.42 Å². The van der Waals surface area contributed by atoms with Crippen molar-refractivity contribution in [2.75, 3.05) is 6.54 Å². The molecule has 0 radical (unpaired) electrons. The first-order valence-corrected chi connectivity index (χ1v) is 6.98. The van der Waals surface area contributed by atoms with Crippen molar-refractivity contribution in [1.82, 2.24) is 4.90 Å². The van der Waals surface area contributed by atoms with Crippen molar-refractivity contribution in [2.45, 2.75) is 38.6 Å². The number of likely N-dealkylation sites (tertiary alicyclic amines) is 1. The first kappa shape index (κ1) is 14.4. The SMILES string of the molecule is CC1CCCCN1C(=O)Cc1ccc(C(N)=NO)cc1. The molecule has 5 nitrogen and oxygen atoms in total. The second-order valence-electron chi connectivity index (χ2n) is 5.29. The average Bonchev–Trinajstić information content (AvgIpc) is 2.47. The van der Waals surface area contributed by atoms with Gasteiger partial charge in [-0.2, -0.15) is 0 Å². The second kappa shape index (κ2) is 6.41. The normalized spacial score (nSPS) is 19.9. The summed E-state index contributed by atoms with van der Waals surface area (Å²) in [4.78, 5) is 14.3. The van der Waals surface area contributed by atoms with Crippen LogP contribution in [0.15, 0.2) is 29.4 Å². The molecule has 20 heavy (non-hydrogen) atoms. The van der Waals surface area contributed by atoms with Crippen LogP contribution in [0.25, 0.3) is 0 Å². The third kappa shape index (κ3) is 3.29. The van der Waals surface area contributed by atoms with E-state index in [1.54, 1.807) is 12.1 Å². The van der Waals surface area contributed by atoms with Gasteiger partial charge in [-0.25, -0.2) is 0 Å². The number of oxime groups is 1. The minimum Gasteiger partial charge on any atom is -0.409 e. The number of carbonyl (C=O) groups is 1. The maximum Gasteiger partial charge on any atom is 0.227 e. The van der Waals surface area contributed by atoms with Crippen LogP contribution in [0.1, 0.15) is 37.3 Å². The highest BCUT2D eigenvalue weighted by Crippen LogP contribution is 2.18. The first-order chi connectivity index (χ1) is 9.61. The predicted octanol–water partition coefficient (Wildman–Crippen LogP) is 1.72. The molecule has 1 heterocycles. The quantitative estimate of drug-likeness (QED) is 0.381. The van der Waals surface area contributed by atoms with Crippen LogP contribution >= 0.6 is 0 Å². The predicted molar refractivity (Wildman–Crippen MR) is 77.7 cm³/mol. The molecular formula is C15H21N3O2. The molecule has 1 saturated heterocycles. The summed E-state index contributed by atoms with van der Waals surface area (Å²) in [6.07, 6.45) is 3.80. The summed E-state index contributed by atoms with van der Waals surface area (Å²) >= 11 is 0. The Morgan fingerprint density at radius 1 is 1.40 bits per heavy atom. The summed E-state index contributed by atoms with van der Waals surface area (Å²) in [7, 11) is 0. The van der Waals surface area contributed by atoms with Gasteiger partial charge in [0.25, 0.3) is 0 Å². The zero-order valence-electron chi connectivity index (χ0n) is 11.7. The summed E-state index contributed by atoms with van der Waals surface area (Å²) in [6.45, 7) is 2.97. The number of amides is 1. The zero-order chi connectivity index (χ0) is 14.5. The average molecular weight is 275 g/mol. The fourth-order valence-electron chi connectivity index (χ4n) is 2.60. The lowest BCUT2D eigenvalue weighted by molar-refractivity contribution is -0.133. The number of nitrogens with two attached hydrogens (primary N) is 1. The minimum absolute atomic E-state index is 0.0764. The molecule has 1 fully saturated rings. The van der Waals surface area contributed by atoms with Crippen LogP contribution < -0.4 is 5.73 Å². The van der Waals surface area contributed by atoms with E-state index in [-0.39, 0.29) is 11.7 Å². The van der Waals surface area contributed by atoms with Crippen molar-refractivity contribution in [3.63, 3.8) is 0 Å². The number of hydrogen-bond acceptors (Lipinski definition) is 3. The Hall–Kier alpha value is -2.04. The molecule has 1 aromatic carbocycles. The van der Waals surface area contributed by atoms with Crippen LogP contribution in [0.5, 0.6) is 0 Å².